The lowest BCUT2D eigenvalue weighted by Gasteiger charge is -2.11. The lowest BCUT2D eigenvalue weighted by molar-refractivity contribution is -0.117. The number of imidazole rings is 1. The van der Waals surface area contributed by atoms with E-state index in [1.165, 1.54) is 6.08 Å². The fraction of sp³-hybridized carbons (Fsp3) is 0.148. The molecule has 0 fully saturated rings. The first-order valence-corrected chi connectivity index (χ1v) is 12.0. The van der Waals surface area contributed by atoms with Crippen molar-refractivity contribution in [1.82, 2.24) is 20.2 Å². The second-order valence-corrected chi connectivity index (χ2v) is 8.96. The van der Waals surface area contributed by atoms with E-state index in [4.69, 9.17) is 27.6 Å². The van der Waals surface area contributed by atoms with Gasteiger partial charge in [-0.15, -0.1) is 0 Å². The summed E-state index contributed by atoms with van der Waals surface area (Å²) in [6, 6.07) is 15.6. The van der Waals surface area contributed by atoms with Crippen molar-refractivity contribution in [2.45, 2.75) is 19.9 Å². The van der Waals surface area contributed by atoms with E-state index in [1.807, 2.05) is 29.8 Å². The molecule has 0 aliphatic rings. The van der Waals surface area contributed by atoms with Crippen molar-refractivity contribution in [2.75, 3.05) is 6.54 Å². The van der Waals surface area contributed by atoms with Gasteiger partial charge in [0, 0.05) is 47.7 Å². The molecule has 184 valence electrons. The number of nitrogens with zero attached hydrogens (tertiary/aromatic N) is 2. The number of hydrogen-bond donors (Lipinski definition) is 2. The summed E-state index contributed by atoms with van der Waals surface area (Å²) in [6.45, 7) is 3.06. The maximum Gasteiger partial charge on any atom is 0.267 e. The van der Waals surface area contributed by atoms with E-state index in [0.717, 1.165) is 5.56 Å². The SMILES string of the molecule is Cc1ccc(C(=O)N/C(=C\c2ccc(-c3ccc(Cl)cc3Cl)o2)C(=O)NCCCn2ccnc2)cc1. The third-order valence-electron chi connectivity index (χ3n) is 5.35. The van der Waals surface area contributed by atoms with Crippen LogP contribution in [0, 0.1) is 6.92 Å². The molecule has 4 aromatic rings. The van der Waals surface area contributed by atoms with E-state index in [2.05, 4.69) is 15.6 Å². The molecule has 2 amide bonds. The first kappa shape index (κ1) is 25.3. The van der Waals surface area contributed by atoms with Gasteiger partial charge in [0.05, 0.1) is 11.3 Å². The first-order valence-electron chi connectivity index (χ1n) is 11.3. The highest BCUT2D eigenvalue weighted by molar-refractivity contribution is 6.36. The standard InChI is InChI=1S/C27H24Cl2N4O3/c1-18-3-5-19(6-4-18)26(34)32-24(27(35)31-11-2-13-33-14-12-30-17-33)16-21-8-10-25(36-21)22-9-7-20(28)15-23(22)29/h3-10,12,14-17H,2,11,13H2,1H3,(H,31,35)(H,32,34)/b24-16-. The van der Waals surface area contributed by atoms with Crippen LogP contribution in [-0.4, -0.2) is 27.9 Å². The van der Waals surface area contributed by atoms with Crippen LogP contribution in [0.25, 0.3) is 17.4 Å². The van der Waals surface area contributed by atoms with Gasteiger partial charge >= 0.3 is 0 Å². The molecule has 36 heavy (non-hydrogen) atoms. The largest absolute Gasteiger partial charge is 0.457 e. The Balaban J connectivity index is 1.52. The van der Waals surface area contributed by atoms with Gasteiger partial charge in [-0.2, -0.15) is 0 Å². The Bertz CT molecular complexity index is 1380. The normalized spacial score (nSPS) is 11.4. The van der Waals surface area contributed by atoms with Gasteiger partial charge in [-0.25, -0.2) is 4.98 Å². The monoisotopic (exact) mass is 522 g/mol. The van der Waals surface area contributed by atoms with Crippen LogP contribution in [0.1, 0.15) is 28.1 Å². The van der Waals surface area contributed by atoms with Crippen molar-refractivity contribution in [3.8, 4) is 11.3 Å². The summed E-state index contributed by atoms with van der Waals surface area (Å²) in [5.41, 5.74) is 2.19. The lowest BCUT2D eigenvalue weighted by atomic mass is 10.1. The Kier molecular flexibility index (Phi) is 8.25. The summed E-state index contributed by atoms with van der Waals surface area (Å²) in [7, 11) is 0. The molecule has 7 nitrogen and oxygen atoms in total. The first-order chi connectivity index (χ1) is 17.4. The molecule has 0 saturated carbocycles. The zero-order valence-electron chi connectivity index (χ0n) is 19.5. The van der Waals surface area contributed by atoms with E-state index >= 15 is 0 Å². The molecule has 2 aromatic carbocycles. The van der Waals surface area contributed by atoms with Crippen LogP contribution in [0.3, 0.4) is 0 Å². The van der Waals surface area contributed by atoms with Gasteiger partial charge in [-0.3, -0.25) is 9.59 Å². The molecule has 0 aliphatic heterocycles. The van der Waals surface area contributed by atoms with Gasteiger partial charge in [0.1, 0.15) is 17.2 Å². The molecule has 0 radical (unpaired) electrons. The van der Waals surface area contributed by atoms with Crippen LogP contribution < -0.4 is 10.6 Å². The third-order valence-corrected chi connectivity index (χ3v) is 5.90. The van der Waals surface area contributed by atoms with Gasteiger partial charge in [-0.1, -0.05) is 40.9 Å². The van der Waals surface area contributed by atoms with Crippen LogP contribution in [0.5, 0.6) is 0 Å². The summed E-state index contributed by atoms with van der Waals surface area (Å²) in [5.74, 6) is 0.0579. The fourth-order valence-electron chi connectivity index (χ4n) is 3.44. The number of amides is 2. The number of benzene rings is 2. The molecule has 0 unspecified atom stereocenters. The molecule has 0 saturated heterocycles. The van der Waals surface area contributed by atoms with Gasteiger partial charge in [0.25, 0.3) is 11.8 Å². The Morgan fingerprint density at radius 1 is 1.08 bits per heavy atom. The number of furan rings is 1. The fourth-order valence-corrected chi connectivity index (χ4v) is 3.94. The molecular formula is C27H24Cl2N4O3. The van der Waals surface area contributed by atoms with E-state index in [-0.39, 0.29) is 5.70 Å². The van der Waals surface area contributed by atoms with E-state index in [1.54, 1.807) is 55.0 Å². The van der Waals surface area contributed by atoms with Crippen molar-refractivity contribution < 1.29 is 14.0 Å². The van der Waals surface area contributed by atoms with Crippen LogP contribution in [0.4, 0.5) is 0 Å². The predicted octanol–water partition coefficient (Wildman–Crippen LogP) is 5.74. The maximum atomic E-state index is 13.0. The Morgan fingerprint density at radius 3 is 2.61 bits per heavy atom. The minimum absolute atomic E-state index is 0.0614. The minimum atomic E-state index is -0.427. The molecule has 2 N–H and O–H groups in total. The average molecular weight is 523 g/mol. The zero-order chi connectivity index (χ0) is 25.5. The van der Waals surface area contributed by atoms with Gasteiger partial charge in [0.2, 0.25) is 0 Å². The second-order valence-electron chi connectivity index (χ2n) is 8.11. The minimum Gasteiger partial charge on any atom is -0.457 e. The average Bonchev–Trinajstić information content (AvgIpc) is 3.54. The molecule has 4 rings (SSSR count). The number of hydrogen-bond acceptors (Lipinski definition) is 4. The number of carbonyl (C=O) groups is 2. The number of carbonyl (C=O) groups excluding carboxylic acids is 2. The van der Waals surface area contributed by atoms with E-state index in [0.29, 0.717) is 52.2 Å². The molecule has 2 aromatic heterocycles. The summed E-state index contributed by atoms with van der Waals surface area (Å²) in [6.07, 6.45) is 7.47. The van der Waals surface area contributed by atoms with Crippen LogP contribution in [0.15, 0.2) is 83.4 Å². The zero-order valence-corrected chi connectivity index (χ0v) is 21.0. The van der Waals surface area contributed by atoms with Crippen molar-refractivity contribution in [2.24, 2.45) is 0 Å². The molecule has 2 heterocycles. The van der Waals surface area contributed by atoms with Crippen LogP contribution in [0.2, 0.25) is 10.0 Å². The van der Waals surface area contributed by atoms with Crippen molar-refractivity contribution in [3.05, 3.63) is 106 Å². The quantitative estimate of drug-likeness (QED) is 0.217. The third kappa shape index (κ3) is 6.65. The van der Waals surface area contributed by atoms with Gasteiger partial charge in [0.15, 0.2) is 0 Å². The number of aryl methyl sites for hydroxylation is 2. The van der Waals surface area contributed by atoms with Crippen LogP contribution >= 0.6 is 23.2 Å². The van der Waals surface area contributed by atoms with Crippen molar-refractivity contribution in [3.63, 3.8) is 0 Å². The Hall–Kier alpha value is -3.81. The summed E-state index contributed by atoms with van der Waals surface area (Å²) in [4.78, 5) is 29.9. The molecule has 0 spiro atoms. The Morgan fingerprint density at radius 2 is 1.89 bits per heavy atom. The smallest absolute Gasteiger partial charge is 0.267 e. The summed E-state index contributed by atoms with van der Waals surface area (Å²) >= 11 is 12.3. The molecular weight excluding hydrogens is 499 g/mol. The number of nitrogens with one attached hydrogen (secondary N) is 2. The maximum absolute atomic E-state index is 13.0. The molecule has 0 atom stereocenters. The highest BCUT2D eigenvalue weighted by Gasteiger charge is 2.16. The van der Waals surface area contributed by atoms with Gasteiger partial charge < -0.3 is 19.6 Å². The summed E-state index contributed by atoms with van der Waals surface area (Å²) in [5, 5.41) is 6.52. The Labute approximate surface area is 218 Å². The molecule has 0 bridgehead atoms. The molecule has 9 heteroatoms. The second kappa shape index (κ2) is 11.7. The lowest BCUT2D eigenvalue weighted by Crippen LogP contribution is -2.35. The summed E-state index contributed by atoms with van der Waals surface area (Å²) < 4.78 is 7.83. The van der Waals surface area contributed by atoms with Gasteiger partial charge in [-0.05, 0) is 55.8 Å². The molecule has 0 aliphatic carbocycles. The van der Waals surface area contributed by atoms with Crippen LogP contribution in [-0.2, 0) is 11.3 Å². The van der Waals surface area contributed by atoms with Crippen molar-refractivity contribution >= 4 is 41.1 Å². The number of aromatic nitrogens is 2. The highest BCUT2D eigenvalue weighted by Crippen LogP contribution is 2.32. The predicted molar refractivity (Wildman–Crippen MR) is 141 cm³/mol. The van der Waals surface area contributed by atoms with E-state index < -0.39 is 11.8 Å². The van der Waals surface area contributed by atoms with Crippen molar-refractivity contribution in [1.29, 1.82) is 0 Å². The topological polar surface area (TPSA) is 89.2 Å². The number of rotatable bonds is 9. The van der Waals surface area contributed by atoms with E-state index in [9.17, 15) is 9.59 Å². The number of halogens is 2. The highest BCUT2D eigenvalue weighted by atomic mass is 35.5.